The van der Waals surface area contributed by atoms with E-state index in [1.54, 1.807) is 16.1 Å². The Bertz CT molecular complexity index is 678. The van der Waals surface area contributed by atoms with Crippen molar-refractivity contribution in [3.05, 3.63) is 17.0 Å². The number of thioether (sulfide) groups is 1. The van der Waals surface area contributed by atoms with Crippen molar-refractivity contribution in [2.24, 2.45) is 5.73 Å². The van der Waals surface area contributed by atoms with Gasteiger partial charge in [-0.25, -0.2) is 4.68 Å². The molecule has 1 saturated carbocycles. The number of anilines is 1. The molecule has 0 spiro atoms. The average Bonchev–Trinajstić information content (AvgIpc) is 3.00. The van der Waals surface area contributed by atoms with Gasteiger partial charge in [-0.15, -0.1) is 16.4 Å². The van der Waals surface area contributed by atoms with Gasteiger partial charge >= 0.3 is 0 Å². The predicted octanol–water partition coefficient (Wildman–Crippen LogP) is 0.899. The summed E-state index contributed by atoms with van der Waals surface area (Å²) in [6.45, 7) is 0. The zero-order chi connectivity index (χ0) is 14.8. The summed E-state index contributed by atoms with van der Waals surface area (Å²) in [5, 5.41) is 16.9. The van der Waals surface area contributed by atoms with Gasteiger partial charge in [0, 0.05) is 0 Å². The van der Waals surface area contributed by atoms with E-state index < -0.39 is 5.91 Å². The van der Waals surface area contributed by atoms with Crippen LogP contribution in [0.5, 0.6) is 0 Å². The molecule has 0 aliphatic heterocycles. The summed E-state index contributed by atoms with van der Waals surface area (Å²) in [5.41, 5.74) is 5.55. The van der Waals surface area contributed by atoms with Gasteiger partial charge in [-0.3, -0.25) is 9.59 Å². The standard InChI is InChI=1S/C11H12N6O2S2/c12-9(19)7-3-4-20-10(7)13-8(18)5-21-11-14-15-16-17(11)6-1-2-6/h3-4,6H,1-2,5H2,(H2,12,19)(H,13,18). The molecule has 2 heterocycles. The van der Waals surface area contributed by atoms with E-state index in [-0.39, 0.29) is 11.7 Å². The minimum atomic E-state index is -0.558. The van der Waals surface area contributed by atoms with Crippen LogP contribution >= 0.6 is 23.1 Å². The van der Waals surface area contributed by atoms with Crippen molar-refractivity contribution < 1.29 is 9.59 Å². The van der Waals surface area contributed by atoms with Crippen molar-refractivity contribution in [1.82, 2.24) is 20.2 Å². The Morgan fingerprint density at radius 3 is 3.05 bits per heavy atom. The highest BCUT2D eigenvalue weighted by molar-refractivity contribution is 7.99. The van der Waals surface area contributed by atoms with Crippen LogP contribution in [0.15, 0.2) is 16.6 Å². The number of nitrogens with two attached hydrogens (primary N) is 1. The monoisotopic (exact) mass is 324 g/mol. The van der Waals surface area contributed by atoms with Crippen LogP contribution in [0.4, 0.5) is 5.00 Å². The molecular weight excluding hydrogens is 312 g/mol. The summed E-state index contributed by atoms with van der Waals surface area (Å²) in [5.74, 6) is -0.615. The minimum absolute atomic E-state index is 0.170. The summed E-state index contributed by atoms with van der Waals surface area (Å²) in [4.78, 5) is 23.1. The molecule has 1 aliphatic rings. The topological polar surface area (TPSA) is 116 Å². The zero-order valence-corrected chi connectivity index (χ0v) is 12.5. The normalized spacial score (nSPS) is 14.1. The molecule has 8 nitrogen and oxygen atoms in total. The molecule has 0 aromatic carbocycles. The fourth-order valence-corrected chi connectivity index (χ4v) is 3.27. The first-order chi connectivity index (χ1) is 10.1. The average molecular weight is 324 g/mol. The van der Waals surface area contributed by atoms with E-state index in [9.17, 15) is 9.59 Å². The number of carbonyl (C=O) groups excluding carboxylic acids is 2. The molecule has 0 atom stereocenters. The molecule has 10 heteroatoms. The lowest BCUT2D eigenvalue weighted by atomic mass is 10.3. The van der Waals surface area contributed by atoms with Crippen LogP contribution in [-0.4, -0.2) is 37.8 Å². The number of hydrogen-bond donors (Lipinski definition) is 2. The molecule has 2 amide bonds. The van der Waals surface area contributed by atoms with E-state index in [0.717, 1.165) is 12.8 Å². The number of carbonyl (C=O) groups is 2. The Balaban J connectivity index is 1.58. The van der Waals surface area contributed by atoms with E-state index in [1.165, 1.54) is 23.1 Å². The van der Waals surface area contributed by atoms with E-state index in [2.05, 4.69) is 20.8 Å². The second kappa shape index (κ2) is 5.82. The third-order valence-corrected chi connectivity index (χ3v) is 4.63. The lowest BCUT2D eigenvalue weighted by molar-refractivity contribution is -0.113. The second-order valence-corrected chi connectivity index (χ2v) is 6.36. The van der Waals surface area contributed by atoms with Crippen LogP contribution in [0, 0.1) is 0 Å². The molecule has 0 unspecified atom stereocenters. The maximum Gasteiger partial charge on any atom is 0.251 e. The van der Waals surface area contributed by atoms with E-state index in [1.807, 2.05) is 0 Å². The summed E-state index contributed by atoms with van der Waals surface area (Å²) < 4.78 is 1.75. The number of amides is 2. The quantitative estimate of drug-likeness (QED) is 0.763. The van der Waals surface area contributed by atoms with Gasteiger partial charge in [0.05, 0.1) is 17.4 Å². The number of tetrazole rings is 1. The number of aromatic nitrogens is 4. The number of nitrogens with one attached hydrogen (secondary N) is 1. The maximum atomic E-state index is 11.9. The minimum Gasteiger partial charge on any atom is -0.366 e. The smallest absolute Gasteiger partial charge is 0.251 e. The molecule has 0 bridgehead atoms. The molecule has 21 heavy (non-hydrogen) atoms. The Labute approximate surface area is 128 Å². The van der Waals surface area contributed by atoms with Crippen LogP contribution in [0.2, 0.25) is 0 Å². The lowest BCUT2D eigenvalue weighted by Gasteiger charge is -2.04. The highest BCUT2D eigenvalue weighted by atomic mass is 32.2. The Morgan fingerprint density at radius 1 is 1.52 bits per heavy atom. The lowest BCUT2D eigenvalue weighted by Crippen LogP contribution is -2.18. The first-order valence-electron chi connectivity index (χ1n) is 6.23. The highest BCUT2D eigenvalue weighted by Gasteiger charge is 2.28. The molecule has 3 N–H and O–H groups in total. The maximum absolute atomic E-state index is 11.9. The SMILES string of the molecule is NC(=O)c1ccsc1NC(=O)CSc1nnnn1C1CC1. The third kappa shape index (κ3) is 3.22. The van der Waals surface area contributed by atoms with Crippen molar-refractivity contribution in [3.8, 4) is 0 Å². The van der Waals surface area contributed by atoms with E-state index >= 15 is 0 Å². The molecule has 2 aromatic heterocycles. The van der Waals surface area contributed by atoms with Crippen LogP contribution in [-0.2, 0) is 4.79 Å². The van der Waals surface area contributed by atoms with E-state index in [4.69, 9.17) is 5.73 Å². The Kier molecular flexibility index (Phi) is 3.88. The van der Waals surface area contributed by atoms with Crippen molar-refractivity contribution >= 4 is 39.9 Å². The summed E-state index contributed by atoms with van der Waals surface area (Å²) in [6, 6.07) is 1.95. The first kappa shape index (κ1) is 14.0. The van der Waals surface area contributed by atoms with Crippen LogP contribution in [0.25, 0.3) is 0 Å². The molecule has 0 saturated heterocycles. The number of thiophene rings is 1. The van der Waals surface area contributed by atoms with Crippen molar-refractivity contribution in [1.29, 1.82) is 0 Å². The summed E-state index contributed by atoms with van der Waals surface area (Å²) in [6.07, 6.45) is 2.14. The molecular formula is C11H12N6O2S2. The first-order valence-corrected chi connectivity index (χ1v) is 8.09. The van der Waals surface area contributed by atoms with Crippen molar-refractivity contribution in [3.63, 3.8) is 0 Å². The zero-order valence-electron chi connectivity index (χ0n) is 10.9. The summed E-state index contributed by atoms with van der Waals surface area (Å²) in [7, 11) is 0. The van der Waals surface area contributed by atoms with Crippen molar-refractivity contribution in [2.75, 3.05) is 11.1 Å². The molecule has 3 rings (SSSR count). The fourth-order valence-electron chi connectivity index (χ4n) is 1.72. The molecule has 1 aliphatic carbocycles. The highest BCUT2D eigenvalue weighted by Crippen LogP contribution is 2.36. The van der Waals surface area contributed by atoms with Crippen LogP contribution < -0.4 is 11.1 Å². The van der Waals surface area contributed by atoms with Gasteiger partial charge in [0.1, 0.15) is 5.00 Å². The molecule has 1 fully saturated rings. The Morgan fingerprint density at radius 2 is 2.33 bits per heavy atom. The molecule has 0 radical (unpaired) electrons. The molecule has 2 aromatic rings. The van der Waals surface area contributed by atoms with Crippen LogP contribution in [0.3, 0.4) is 0 Å². The molecule has 110 valence electrons. The van der Waals surface area contributed by atoms with Gasteiger partial charge in [0.25, 0.3) is 5.91 Å². The van der Waals surface area contributed by atoms with E-state index in [0.29, 0.717) is 21.8 Å². The van der Waals surface area contributed by atoms with Gasteiger partial charge in [-0.05, 0) is 34.7 Å². The van der Waals surface area contributed by atoms with Crippen LogP contribution in [0.1, 0.15) is 29.2 Å². The number of primary amides is 1. The summed E-state index contributed by atoms with van der Waals surface area (Å²) >= 11 is 2.53. The number of rotatable bonds is 6. The third-order valence-electron chi connectivity index (χ3n) is 2.87. The van der Waals surface area contributed by atoms with Gasteiger partial charge in [-0.2, -0.15) is 0 Å². The van der Waals surface area contributed by atoms with Gasteiger partial charge in [0.15, 0.2) is 0 Å². The van der Waals surface area contributed by atoms with Gasteiger partial charge in [-0.1, -0.05) is 11.8 Å². The largest absolute Gasteiger partial charge is 0.366 e. The Hall–Kier alpha value is -1.94. The van der Waals surface area contributed by atoms with Gasteiger partial charge in [0.2, 0.25) is 11.1 Å². The number of nitrogens with zero attached hydrogens (tertiary/aromatic N) is 4. The van der Waals surface area contributed by atoms with Gasteiger partial charge < -0.3 is 11.1 Å². The predicted molar refractivity (Wildman–Crippen MR) is 78.3 cm³/mol. The number of hydrogen-bond acceptors (Lipinski definition) is 7. The van der Waals surface area contributed by atoms with Crippen molar-refractivity contribution in [2.45, 2.75) is 24.0 Å². The second-order valence-electron chi connectivity index (χ2n) is 4.50. The fraction of sp³-hybridized carbons (Fsp3) is 0.364.